The minimum atomic E-state index is -0.509. The largest absolute Gasteiger partial charge is 0.460 e. The molecular formula is C22H32N4O3. The molecule has 2 heterocycles. The molecule has 3 rings (SSSR count). The van der Waals surface area contributed by atoms with Crippen molar-refractivity contribution in [2.45, 2.75) is 90.1 Å². The summed E-state index contributed by atoms with van der Waals surface area (Å²) in [4.78, 5) is 25.0. The maximum absolute atomic E-state index is 12.5. The highest BCUT2D eigenvalue weighted by Gasteiger charge is 2.26. The van der Waals surface area contributed by atoms with Crippen molar-refractivity contribution in [1.29, 1.82) is 0 Å². The Balaban J connectivity index is 1.66. The van der Waals surface area contributed by atoms with Crippen molar-refractivity contribution in [2.75, 3.05) is 0 Å². The van der Waals surface area contributed by atoms with Gasteiger partial charge in [0.2, 0.25) is 11.7 Å². The van der Waals surface area contributed by atoms with Crippen LogP contribution in [0.4, 0.5) is 0 Å². The van der Waals surface area contributed by atoms with Crippen LogP contribution in [0.3, 0.4) is 0 Å². The lowest BCUT2D eigenvalue weighted by atomic mass is 9.84. The molecule has 1 atom stereocenters. The van der Waals surface area contributed by atoms with E-state index in [1.807, 2.05) is 20.8 Å². The first-order valence-electron chi connectivity index (χ1n) is 10.7. The van der Waals surface area contributed by atoms with Crippen molar-refractivity contribution < 1.29 is 14.1 Å². The lowest BCUT2D eigenvalue weighted by Crippen LogP contribution is -2.25. The Morgan fingerprint density at radius 2 is 1.93 bits per heavy atom. The van der Waals surface area contributed by atoms with E-state index in [2.05, 4.69) is 20.1 Å². The predicted octanol–water partition coefficient (Wildman–Crippen LogP) is 5.09. The number of hydrogen-bond donors (Lipinski definition) is 0. The zero-order valence-corrected chi connectivity index (χ0v) is 17.8. The van der Waals surface area contributed by atoms with Crippen LogP contribution in [0.1, 0.15) is 90.4 Å². The Hall–Kier alpha value is -2.31. The van der Waals surface area contributed by atoms with Gasteiger partial charge >= 0.3 is 5.97 Å². The maximum Gasteiger partial charge on any atom is 0.307 e. The number of carbonyl (C=O) groups is 1. The van der Waals surface area contributed by atoms with Crippen LogP contribution >= 0.6 is 0 Å². The monoisotopic (exact) mass is 400 g/mol. The molecule has 0 amide bonds. The second kappa shape index (κ2) is 9.94. The lowest BCUT2D eigenvalue weighted by molar-refractivity contribution is -0.155. The number of ether oxygens (including phenoxy) is 1. The summed E-state index contributed by atoms with van der Waals surface area (Å²) in [5, 5.41) is 4.07. The average Bonchev–Trinajstić information content (AvgIpc) is 3.17. The minimum Gasteiger partial charge on any atom is -0.460 e. The molecule has 158 valence electrons. The topological polar surface area (TPSA) is 91.0 Å². The number of carbonyl (C=O) groups excluding carboxylic acids is 1. The second-order valence-electron chi connectivity index (χ2n) is 9.01. The standard InChI is InChI=1S/C22H32N4O3/c1-22(2,3)28-19(27)12-17(11-7-10-16-8-5-4-6-9-16)21-25-20(26-29-21)18-13-23-15-24-14-18/h13-17H,4-12H2,1-3H3/t17-/m1/s1. The van der Waals surface area contributed by atoms with Gasteiger partial charge in [-0.15, -0.1) is 0 Å². The molecule has 0 unspecified atom stereocenters. The zero-order chi connectivity index (χ0) is 20.7. The quantitative estimate of drug-likeness (QED) is 0.570. The molecule has 1 aliphatic rings. The van der Waals surface area contributed by atoms with Gasteiger partial charge in [0.05, 0.1) is 12.0 Å². The molecule has 29 heavy (non-hydrogen) atoms. The van der Waals surface area contributed by atoms with Gasteiger partial charge in [0.25, 0.3) is 0 Å². The molecule has 1 saturated carbocycles. The number of esters is 1. The van der Waals surface area contributed by atoms with Crippen molar-refractivity contribution in [3.8, 4) is 11.4 Å². The first-order valence-corrected chi connectivity index (χ1v) is 10.7. The Bertz CT molecular complexity index is 764. The highest BCUT2D eigenvalue weighted by molar-refractivity contribution is 5.70. The van der Waals surface area contributed by atoms with E-state index in [1.54, 1.807) is 12.4 Å². The molecule has 2 aromatic heterocycles. The summed E-state index contributed by atoms with van der Waals surface area (Å²) >= 11 is 0. The number of nitrogens with zero attached hydrogens (tertiary/aromatic N) is 4. The summed E-state index contributed by atoms with van der Waals surface area (Å²) < 4.78 is 11.1. The van der Waals surface area contributed by atoms with Crippen LogP contribution in [0.25, 0.3) is 11.4 Å². The van der Waals surface area contributed by atoms with Crippen molar-refractivity contribution >= 4 is 5.97 Å². The van der Waals surface area contributed by atoms with E-state index in [1.165, 1.54) is 44.9 Å². The Labute approximate surface area is 172 Å². The van der Waals surface area contributed by atoms with Crippen LogP contribution in [0.2, 0.25) is 0 Å². The Morgan fingerprint density at radius 3 is 2.62 bits per heavy atom. The third-order valence-electron chi connectivity index (χ3n) is 5.33. The fraction of sp³-hybridized carbons (Fsp3) is 0.682. The maximum atomic E-state index is 12.5. The van der Waals surface area contributed by atoms with Crippen LogP contribution in [0.15, 0.2) is 23.2 Å². The van der Waals surface area contributed by atoms with Gasteiger partial charge in [-0.1, -0.05) is 50.1 Å². The van der Waals surface area contributed by atoms with Crippen LogP contribution in [-0.2, 0) is 9.53 Å². The number of hydrogen-bond acceptors (Lipinski definition) is 7. The van der Waals surface area contributed by atoms with Crippen LogP contribution in [0.5, 0.6) is 0 Å². The summed E-state index contributed by atoms with van der Waals surface area (Å²) in [6, 6.07) is 0. The van der Waals surface area contributed by atoms with Crippen molar-refractivity contribution in [2.24, 2.45) is 5.92 Å². The molecule has 1 fully saturated rings. The smallest absolute Gasteiger partial charge is 0.307 e. The van der Waals surface area contributed by atoms with E-state index in [0.717, 1.165) is 18.8 Å². The molecule has 2 aromatic rings. The normalized spacial score (nSPS) is 16.5. The number of rotatable bonds is 8. The van der Waals surface area contributed by atoms with E-state index in [4.69, 9.17) is 9.26 Å². The molecule has 7 heteroatoms. The molecule has 1 aliphatic carbocycles. The van der Waals surface area contributed by atoms with Gasteiger partial charge in [-0.3, -0.25) is 4.79 Å². The average molecular weight is 401 g/mol. The highest BCUT2D eigenvalue weighted by Crippen LogP contribution is 2.32. The number of aromatic nitrogens is 4. The van der Waals surface area contributed by atoms with Gasteiger partial charge in [0.15, 0.2) is 0 Å². The highest BCUT2D eigenvalue weighted by atomic mass is 16.6. The lowest BCUT2D eigenvalue weighted by Gasteiger charge is -2.23. The van der Waals surface area contributed by atoms with E-state index in [-0.39, 0.29) is 18.3 Å². The van der Waals surface area contributed by atoms with Gasteiger partial charge in [-0.2, -0.15) is 4.98 Å². The van der Waals surface area contributed by atoms with Crippen LogP contribution in [-0.4, -0.2) is 31.7 Å². The van der Waals surface area contributed by atoms with Gasteiger partial charge < -0.3 is 9.26 Å². The summed E-state index contributed by atoms with van der Waals surface area (Å²) in [5.41, 5.74) is 0.186. The molecule has 0 aliphatic heterocycles. The molecule has 0 radical (unpaired) electrons. The molecular weight excluding hydrogens is 368 g/mol. The van der Waals surface area contributed by atoms with E-state index in [0.29, 0.717) is 17.3 Å². The molecule has 0 N–H and O–H groups in total. The second-order valence-corrected chi connectivity index (χ2v) is 9.01. The van der Waals surface area contributed by atoms with Crippen LogP contribution < -0.4 is 0 Å². The fourth-order valence-electron chi connectivity index (χ4n) is 3.96. The third-order valence-corrected chi connectivity index (χ3v) is 5.33. The van der Waals surface area contributed by atoms with Crippen molar-refractivity contribution in [3.05, 3.63) is 24.6 Å². The zero-order valence-electron chi connectivity index (χ0n) is 17.8. The summed E-state index contributed by atoms with van der Waals surface area (Å²) in [6.45, 7) is 5.63. The van der Waals surface area contributed by atoms with E-state index >= 15 is 0 Å². The van der Waals surface area contributed by atoms with E-state index in [9.17, 15) is 4.79 Å². The summed E-state index contributed by atoms with van der Waals surface area (Å²) in [6.07, 6.45) is 14.8. The molecule has 0 spiro atoms. The van der Waals surface area contributed by atoms with E-state index < -0.39 is 5.60 Å². The predicted molar refractivity (Wildman–Crippen MR) is 109 cm³/mol. The minimum absolute atomic E-state index is 0.140. The molecule has 0 saturated heterocycles. The summed E-state index contributed by atoms with van der Waals surface area (Å²) in [5.74, 6) is 1.37. The first kappa shape index (κ1) is 21.4. The van der Waals surface area contributed by atoms with Gasteiger partial charge in [0.1, 0.15) is 11.9 Å². The van der Waals surface area contributed by atoms with Gasteiger partial charge in [-0.25, -0.2) is 9.97 Å². The summed E-state index contributed by atoms with van der Waals surface area (Å²) in [7, 11) is 0. The Morgan fingerprint density at radius 1 is 1.21 bits per heavy atom. The Kier molecular flexibility index (Phi) is 7.34. The molecule has 0 bridgehead atoms. The fourth-order valence-corrected chi connectivity index (χ4v) is 3.96. The molecule has 7 nitrogen and oxygen atoms in total. The third kappa shape index (κ3) is 6.91. The van der Waals surface area contributed by atoms with Crippen LogP contribution in [0, 0.1) is 5.92 Å². The SMILES string of the molecule is CC(C)(C)OC(=O)C[C@@H](CCCC1CCCCC1)c1nc(-c2cncnc2)no1. The van der Waals surface area contributed by atoms with Gasteiger partial charge in [-0.05, 0) is 33.1 Å². The van der Waals surface area contributed by atoms with Crippen molar-refractivity contribution in [1.82, 2.24) is 20.1 Å². The van der Waals surface area contributed by atoms with Gasteiger partial charge in [0, 0.05) is 18.3 Å². The first-order chi connectivity index (χ1) is 13.9. The van der Waals surface area contributed by atoms with Crippen molar-refractivity contribution in [3.63, 3.8) is 0 Å². The molecule has 0 aromatic carbocycles.